The van der Waals surface area contributed by atoms with Crippen molar-refractivity contribution in [2.24, 2.45) is 17.2 Å². The van der Waals surface area contributed by atoms with E-state index in [1.165, 1.54) is 0 Å². The Labute approximate surface area is 370 Å². The number of primary amides is 3. The standard InChI is InChI=1S/C41H61N11O12/c42-33(53)23-49-13-15-50(24-34(43)54)17-19-52(20-18-51(16-14-49)25-35(44)55)26-36(56)46-32(22-27-8-9-28-5-1-2-6-29(28)21-27)38(59)45-12-4-3-7-30(39(60)61)47-41(64)48-31(40(62)63)10-11-37(57)58/h1-2,5-6,8-9,21,30-32H,3-4,7,10-20,22-26H2,(H2,42,53)(H2,43,54)(H2,44,55)(H,45,59)(H,46,56)(H,57,58)(H,60,61)(H,62,63)(H2,47,48,64)/t30-,31-,32-/m0/s1. The Kier molecular flexibility index (Phi) is 21.8. The number of hydrogen-bond donors (Lipinski definition) is 10. The number of benzene rings is 2. The molecular weight excluding hydrogens is 839 g/mol. The van der Waals surface area contributed by atoms with Gasteiger partial charge in [0.05, 0.1) is 26.2 Å². The van der Waals surface area contributed by atoms with Crippen molar-refractivity contribution in [2.45, 2.75) is 56.7 Å². The Morgan fingerprint density at radius 2 is 1.03 bits per heavy atom. The van der Waals surface area contributed by atoms with Gasteiger partial charge in [-0.1, -0.05) is 42.5 Å². The van der Waals surface area contributed by atoms with Crippen molar-refractivity contribution >= 4 is 64.2 Å². The van der Waals surface area contributed by atoms with Gasteiger partial charge in [0, 0.05) is 71.7 Å². The van der Waals surface area contributed by atoms with E-state index in [9.17, 15) is 53.4 Å². The van der Waals surface area contributed by atoms with E-state index in [1.54, 1.807) is 0 Å². The second kappa shape index (κ2) is 26.9. The van der Waals surface area contributed by atoms with Crippen LogP contribution in [0.3, 0.4) is 0 Å². The van der Waals surface area contributed by atoms with Gasteiger partial charge in [0.25, 0.3) is 0 Å². The molecule has 352 valence electrons. The third-order valence-corrected chi connectivity index (χ3v) is 10.4. The van der Waals surface area contributed by atoms with Crippen LogP contribution < -0.4 is 38.5 Å². The van der Waals surface area contributed by atoms with Gasteiger partial charge in [-0.3, -0.25) is 48.4 Å². The van der Waals surface area contributed by atoms with E-state index in [0.29, 0.717) is 52.4 Å². The Morgan fingerprint density at radius 1 is 0.562 bits per heavy atom. The molecule has 7 amide bonds. The van der Waals surface area contributed by atoms with Gasteiger partial charge in [0.1, 0.15) is 18.1 Å². The van der Waals surface area contributed by atoms with Gasteiger partial charge >= 0.3 is 23.9 Å². The maximum Gasteiger partial charge on any atom is 0.326 e. The molecule has 3 atom stereocenters. The van der Waals surface area contributed by atoms with Gasteiger partial charge in [-0.2, -0.15) is 0 Å². The van der Waals surface area contributed by atoms with Crippen molar-refractivity contribution in [2.75, 3.05) is 85.1 Å². The van der Waals surface area contributed by atoms with Crippen LogP contribution in [0.15, 0.2) is 42.5 Å². The smallest absolute Gasteiger partial charge is 0.326 e. The summed E-state index contributed by atoms with van der Waals surface area (Å²) < 4.78 is 0. The van der Waals surface area contributed by atoms with Gasteiger partial charge < -0.3 is 53.8 Å². The van der Waals surface area contributed by atoms with E-state index in [2.05, 4.69) is 21.3 Å². The molecule has 2 aromatic carbocycles. The van der Waals surface area contributed by atoms with Crippen LogP contribution in [-0.2, 0) is 44.8 Å². The van der Waals surface area contributed by atoms with Gasteiger partial charge in [0.15, 0.2) is 0 Å². The first-order valence-corrected chi connectivity index (χ1v) is 20.9. The maximum absolute atomic E-state index is 13.8. The minimum atomic E-state index is -1.55. The first-order valence-electron chi connectivity index (χ1n) is 20.9. The SMILES string of the molecule is NC(=O)CN1CCN(CC(N)=O)CCN(CC(=O)N[C@@H](Cc2ccc3ccccc3c2)C(=O)NCCCC[C@H](NC(=O)N[C@@H](CCC(=O)O)C(=O)O)C(=O)O)CCN(CC(N)=O)CC1. The van der Waals surface area contributed by atoms with E-state index >= 15 is 0 Å². The zero-order valence-electron chi connectivity index (χ0n) is 35.7. The summed E-state index contributed by atoms with van der Waals surface area (Å²) in [4.78, 5) is 117. The van der Waals surface area contributed by atoms with Crippen molar-refractivity contribution in [1.29, 1.82) is 0 Å². The Hall–Kier alpha value is -6.43. The van der Waals surface area contributed by atoms with Crippen LogP contribution >= 0.6 is 0 Å². The lowest BCUT2D eigenvalue weighted by atomic mass is 10.0. The van der Waals surface area contributed by atoms with Crippen LogP contribution in [0.5, 0.6) is 0 Å². The Balaban J connectivity index is 1.70. The average Bonchev–Trinajstić information content (AvgIpc) is 3.21. The van der Waals surface area contributed by atoms with Gasteiger partial charge in [-0.15, -0.1) is 0 Å². The monoisotopic (exact) mass is 899 g/mol. The zero-order valence-corrected chi connectivity index (χ0v) is 35.7. The first-order chi connectivity index (χ1) is 30.4. The van der Waals surface area contributed by atoms with Crippen LogP contribution in [0, 0.1) is 0 Å². The van der Waals surface area contributed by atoms with Crippen LogP contribution in [-0.4, -0.2) is 192 Å². The number of rotatable bonds is 24. The number of carbonyl (C=O) groups is 9. The van der Waals surface area contributed by atoms with Crippen molar-refractivity contribution in [3.63, 3.8) is 0 Å². The number of nitrogens with one attached hydrogen (secondary N) is 4. The van der Waals surface area contributed by atoms with Crippen molar-refractivity contribution in [3.8, 4) is 0 Å². The van der Waals surface area contributed by atoms with Gasteiger partial charge in [0.2, 0.25) is 29.5 Å². The fraction of sp³-hybridized carbons (Fsp3) is 0.537. The highest BCUT2D eigenvalue weighted by molar-refractivity contribution is 5.89. The quantitative estimate of drug-likeness (QED) is 0.0467. The summed E-state index contributed by atoms with van der Waals surface area (Å²) >= 11 is 0. The number of carbonyl (C=O) groups excluding carboxylic acids is 6. The molecule has 3 rings (SSSR count). The second-order valence-corrected chi connectivity index (χ2v) is 15.6. The molecule has 0 radical (unpaired) electrons. The lowest BCUT2D eigenvalue weighted by Gasteiger charge is -2.33. The Bertz CT molecular complexity index is 1920. The molecule has 0 unspecified atom stereocenters. The first kappa shape index (κ1) is 51.9. The number of nitrogens with zero attached hydrogens (tertiary/aromatic N) is 4. The molecule has 0 aromatic heterocycles. The summed E-state index contributed by atoms with van der Waals surface area (Å²) in [5.74, 6) is -6.78. The van der Waals surface area contributed by atoms with E-state index in [4.69, 9.17) is 22.3 Å². The fourth-order valence-electron chi connectivity index (χ4n) is 7.07. The van der Waals surface area contributed by atoms with E-state index in [0.717, 1.165) is 16.3 Å². The number of urea groups is 1. The number of nitrogens with two attached hydrogens (primary N) is 3. The number of aliphatic carboxylic acids is 3. The normalized spacial score (nSPS) is 16.2. The molecule has 1 aliphatic heterocycles. The molecule has 0 aliphatic carbocycles. The third-order valence-electron chi connectivity index (χ3n) is 10.4. The van der Waals surface area contributed by atoms with Crippen LogP contribution in [0.2, 0.25) is 0 Å². The summed E-state index contributed by atoms with van der Waals surface area (Å²) in [5.41, 5.74) is 17.3. The minimum absolute atomic E-state index is 0.0321. The highest BCUT2D eigenvalue weighted by Crippen LogP contribution is 2.17. The number of fused-ring (bicyclic) bond motifs is 1. The number of hydrogen-bond acceptors (Lipinski definition) is 13. The number of carboxylic acids is 3. The predicted octanol–water partition coefficient (Wildman–Crippen LogP) is -3.10. The molecule has 23 nitrogen and oxygen atoms in total. The third kappa shape index (κ3) is 20.2. The Morgan fingerprint density at radius 3 is 1.50 bits per heavy atom. The number of amides is 7. The van der Waals surface area contributed by atoms with Crippen molar-refractivity contribution in [3.05, 3.63) is 48.0 Å². The summed E-state index contributed by atoms with van der Waals surface area (Å²) in [7, 11) is 0. The summed E-state index contributed by atoms with van der Waals surface area (Å²) in [6, 6.07) is 8.22. The zero-order chi connectivity index (χ0) is 47.2. The second-order valence-electron chi connectivity index (χ2n) is 15.6. The minimum Gasteiger partial charge on any atom is -0.481 e. The van der Waals surface area contributed by atoms with Crippen molar-refractivity contribution in [1.82, 2.24) is 40.9 Å². The molecule has 0 bridgehead atoms. The highest BCUT2D eigenvalue weighted by atomic mass is 16.4. The van der Waals surface area contributed by atoms with Crippen LogP contribution in [0.25, 0.3) is 10.8 Å². The molecule has 64 heavy (non-hydrogen) atoms. The average molecular weight is 900 g/mol. The molecule has 0 saturated carbocycles. The predicted molar refractivity (Wildman–Crippen MR) is 231 cm³/mol. The van der Waals surface area contributed by atoms with Gasteiger partial charge in [-0.05, 0) is 42.0 Å². The van der Waals surface area contributed by atoms with Crippen LogP contribution in [0.4, 0.5) is 4.79 Å². The molecule has 23 heteroatoms. The summed E-state index contributed by atoms with van der Waals surface area (Å²) in [5, 5.41) is 39.7. The summed E-state index contributed by atoms with van der Waals surface area (Å²) in [6.07, 6.45) is -0.437. The topological polar surface area (TPSA) is 353 Å². The number of unbranched alkanes of at least 4 members (excludes halogenated alkanes) is 1. The lowest BCUT2D eigenvalue weighted by molar-refractivity contribution is -0.141. The maximum atomic E-state index is 13.8. The molecule has 1 heterocycles. The highest BCUT2D eigenvalue weighted by Gasteiger charge is 2.27. The van der Waals surface area contributed by atoms with Crippen molar-refractivity contribution < 1.29 is 58.5 Å². The molecule has 1 aliphatic rings. The molecule has 0 spiro atoms. The summed E-state index contributed by atoms with van der Waals surface area (Å²) in [6.45, 7) is 2.40. The molecule has 1 fully saturated rings. The lowest BCUT2D eigenvalue weighted by Crippen LogP contribution is -2.53. The van der Waals surface area contributed by atoms with E-state index in [-0.39, 0.29) is 58.4 Å². The molecular formula is C41H61N11O12. The van der Waals surface area contributed by atoms with Crippen LogP contribution in [0.1, 0.15) is 37.7 Å². The fourth-order valence-corrected chi connectivity index (χ4v) is 7.07. The van der Waals surface area contributed by atoms with E-state index in [1.807, 2.05) is 62.1 Å². The molecule has 1 saturated heterocycles. The number of carboxylic acid groups (broad SMARTS) is 3. The molecule has 2 aromatic rings. The molecule has 13 N–H and O–H groups in total. The van der Waals surface area contributed by atoms with Gasteiger partial charge in [-0.25, -0.2) is 14.4 Å². The van der Waals surface area contributed by atoms with E-state index < -0.39 is 84.4 Å². The largest absolute Gasteiger partial charge is 0.481 e.